The Morgan fingerprint density at radius 3 is 2.75 bits per heavy atom. The molecule has 0 unspecified atom stereocenters. The van der Waals surface area contributed by atoms with Crippen LogP contribution in [-0.2, 0) is 11.2 Å². The van der Waals surface area contributed by atoms with E-state index in [1.807, 2.05) is 37.3 Å². The van der Waals surface area contributed by atoms with E-state index in [1.54, 1.807) is 13.2 Å². The van der Waals surface area contributed by atoms with Crippen molar-refractivity contribution in [3.8, 4) is 5.75 Å². The van der Waals surface area contributed by atoms with E-state index in [-0.39, 0.29) is 5.91 Å². The molecule has 0 heterocycles. The minimum Gasteiger partial charge on any atom is -0.497 e. The van der Waals surface area contributed by atoms with Crippen LogP contribution in [0.5, 0.6) is 5.75 Å². The van der Waals surface area contributed by atoms with Gasteiger partial charge in [0.15, 0.2) is 0 Å². The molecular weight excluding hydrogens is 324 g/mol. The highest BCUT2D eigenvalue weighted by molar-refractivity contribution is 6.30. The Kier molecular flexibility index (Phi) is 7.09. The van der Waals surface area contributed by atoms with Crippen molar-refractivity contribution in [3.05, 3.63) is 58.6 Å². The van der Waals surface area contributed by atoms with Crippen LogP contribution in [0.15, 0.2) is 42.5 Å². The summed E-state index contributed by atoms with van der Waals surface area (Å²) < 4.78 is 5.21. The number of amides is 1. The van der Waals surface area contributed by atoms with Crippen molar-refractivity contribution in [2.24, 2.45) is 0 Å². The van der Waals surface area contributed by atoms with Gasteiger partial charge in [0.1, 0.15) is 5.75 Å². The van der Waals surface area contributed by atoms with Gasteiger partial charge >= 0.3 is 0 Å². The molecule has 0 saturated carbocycles. The summed E-state index contributed by atoms with van der Waals surface area (Å²) in [4.78, 5) is 12.0. The quantitative estimate of drug-likeness (QED) is 0.714. The second-order valence-electron chi connectivity index (χ2n) is 5.61. The SMILES string of the molecule is COc1cccc(CCNCCC(=O)Nc2ccc(Cl)cc2C)c1. The Morgan fingerprint density at radius 2 is 2.00 bits per heavy atom. The lowest BCUT2D eigenvalue weighted by Gasteiger charge is -2.09. The molecule has 2 aromatic rings. The number of aryl methyl sites for hydroxylation is 1. The van der Waals surface area contributed by atoms with Gasteiger partial charge < -0.3 is 15.4 Å². The van der Waals surface area contributed by atoms with E-state index in [2.05, 4.69) is 16.7 Å². The highest BCUT2D eigenvalue weighted by Crippen LogP contribution is 2.19. The zero-order valence-corrected chi connectivity index (χ0v) is 14.8. The number of carbonyl (C=O) groups excluding carboxylic acids is 1. The monoisotopic (exact) mass is 346 g/mol. The van der Waals surface area contributed by atoms with Crippen molar-refractivity contribution in [1.82, 2.24) is 5.32 Å². The summed E-state index contributed by atoms with van der Waals surface area (Å²) in [7, 11) is 1.67. The Hall–Kier alpha value is -2.04. The minimum absolute atomic E-state index is 0.00528. The fourth-order valence-electron chi connectivity index (χ4n) is 2.37. The molecule has 0 aliphatic heterocycles. The van der Waals surface area contributed by atoms with Gasteiger partial charge in [-0.1, -0.05) is 23.7 Å². The molecule has 0 fully saturated rings. The molecule has 0 atom stereocenters. The number of anilines is 1. The Balaban J connectivity index is 1.67. The number of rotatable bonds is 8. The molecule has 2 N–H and O–H groups in total. The second-order valence-corrected chi connectivity index (χ2v) is 6.05. The third-order valence-electron chi connectivity index (χ3n) is 3.72. The number of nitrogens with one attached hydrogen (secondary N) is 2. The van der Waals surface area contributed by atoms with Crippen molar-refractivity contribution < 1.29 is 9.53 Å². The Labute approximate surface area is 148 Å². The summed E-state index contributed by atoms with van der Waals surface area (Å²) in [5.74, 6) is 0.861. The van der Waals surface area contributed by atoms with E-state index in [4.69, 9.17) is 16.3 Å². The van der Waals surface area contributed by atoms with Gasteiger partial charge in [-0.25, -0.2) is 0 Å². The Morgan fingerprint density at radius 1 is 1.17 bits per heavy atom. The first-order valence-corrected chi connectivity index (χ1v) is 8.36. The first-order valence-electron chi connectivity index (χ1n) is 7.98. The summed E-state index contributed by atoms with van der Waals surface area (Å²) in [5.41, 5.74) is 2.98. The normalized spacial score (nSPS) is 10.5. The fraction of sp³-hybridized carbons (Fsp3) is 0.316. The molecule has 2 rings (SSSR count). The third-order valence-corrected chi connectivity index (χ3v) is 3.95. The topological polar surface area (TPSA) is 50.4 Å². The van der Waals surface area contributed by atoms with Gasteiger partial charge in [-0.2, -0.15) is 0 Å². The lowest BCUT2D eigenvalue weighted by molar-refractivity contribution is -0.116. The van der Waals surface area contributed by atoms with E-state index in [9.17, 15) is 4.79 Å². The zero-order chi connectivity index (χ0) is 17.4. The largest absolute Gasteiger partial charge is 0.497 e. The summed E-state index contributed by atoms with van der Waals surface area (Å²) >= 11 is 5.91. The van der Waals surface area contributed by atoms with Crippen molar-refractivity contribution >= 4 is 23.2 Å². The maximum atomic E-state index is 12.0. The molecule has 1 amide bonds. The molecule has 5 heteroatoms. The molecule has 0 saturated heterocycles. The van der Waals surface area contributed by atoms with Crippen LogP contribution in [0, 0.1) is 6.92 Å². The highest BCUT2D eigenvalue weighted by atomic mass is 35.5. The average Bonchev–Trinajstić information content (AvgIpc) is 2.57. The standard InChI is InChI=1S/C19H23ClN2O2/c1-14-12-16(20)6-7-18(14)22-19(23)9-11-21-10-8-15-4-3-5-17(13-15)24-2/h3-7,12-13,21H,8-11H2,1-2H3,(H,22,23). The van der Waals surface area contributed by atoms with E-state index in [0.717, 1.165) is 30.0 Å². The molecule has 24 heavy (non-hydrogen) atoms. The van der Waals surface area contributed by atoms with E-state index >= 15 is 0 Å². The van der Waals surface area contributed by atoms with Crippen LogP contribution >= 0.6 is 11.6 Å². The predicted molar refractivity (Wildman–Crippen MR) is 99.0 cm³/mol. The number of hydrogen-bond donors (Lipinski definition) is 2. The van der Waals surface area contributed by atoms with Crippen molar-refractivity contribution in [3.63, 3.8) is 0 Å². The molecule has 0 spiro atoms. The van der Waals surface area contributed by atoms with Gasteiger partial charge in [0.25, 0.3) is 0 Å². The fourth-order valence-corrected chi connectivity index (χ4v) is 2.59. The number of benzene rings is 2. The van der Waals surface area contributed by atoms with Gasteiger partial charge in [-0.3, -0.25) is 4.79 Å². The number of ether oxygens (including phenoxy) is 1. The van der Waals surface area contributed by atoms with E-state index in [1.165, 1.54) is 5.56 Å². The van der Waals surface area contributed by atoms with Crippen LogP contribution in [-0.4, -0.2) is 26.1 Å². The molecule has 128 valence electrons. The van der Waals surface area contributed by atoms with Gasteiger partial charge in [0.05, 0.1) is 7.11 Å². The molecule has 0 radical (unpaired) electrons. The van der Waals surface area contributed by atoms with Crippen molar-refractivity contribution in [1.29, 1.82) is 0 Å². The summed E-state index contributed by atoms with van der Waals surface area (Å²) in [6, 6.07) is 13.4. The van der Waals surface area contributed by atoms with Gasteiger partial charge in [0, 0.05) is 23.7 Å². The van der Waals surface area contributed by atoms with Crippen LogP contribution < -0.4 is 15.4 Å². The number of carbonyl (C=O) groups is 1. The van der Waals surface area contributed by atoms with Crippen LogP contribution in [0.25, 0.3) is 0 Å². The van der Waals surface area contributed by atoms with E-state index < -0.39 is 0 Å². The van der Waals surface area contributed by atoms with Crippen molar-refractivity contribution in [2.75, 3.05) is 25.5 Å². The predicted octanol–water partition coefficient (Wildman–Crippen LogP) is 3.82. The smallest absolute Gasteiger partial charge is 0.225 e. The minimum atomic E-state index is -0.00528. The second kappa shape index (κ2) is 9.30. The number of halogens is 1. The lowest BCUT2D eigenvalue weighted by atomic mass is 10.1. The van der Waals surface area contributed by atoms with Gasteiger partial charge in [-0.05, 0) is 61.3 Å². The number of methoxy groups -OCH3 is 1. The maximum Gasteiger partial charge on any atom is 0.225 e. The molecule has 0 bridgehead atoms. The van der Waals surface area contributed by atoms with Crippen LogP contribution in [0.4, 0.5) is 5.69 Å². The van der Waals surface area contributed by atoms with Crippen molar-refractivity contribution in [2.45, 2.75) is 19.8 Å². The van der Waals surface area contributed by atoms with E-state index in [0.29, 0.717) is 18.0 Å². The maximum absolute atomic E-state index is 12.0. The first kappa shape index (κ1) is 18.3. The average molecular weight is 347 g/mol. The van der Waals surface area contributed by atoms with Crippen LogP contribution in [0.3, 0.4) is 0 Å². The number of hydrogen-bond acceptors (Lipinski definition) is 3. The lowest BCUT2D eigenvalue weighted by Crippen LogP contribution is -2.23. The summed E-state index contributed by atoms with van der Waals surface area (Å²) in [6.45, 7) is 3.39. The summed E-state index contributed by atoms with van der Waals surface area (Å²) in [6.07, 6.45) is 1.33. The Bertz CT molecular complexity index is 689. The molecular formula is C19H23ClN2O2. The molecule has 0 aromatic heterocycles. The van der Waals surface area contributed by atoms with Crippen LogP contribution in [0.1, 0.15) is 17.5 Å². The third kappa shape index (κ3) is 5.87. The van der Waals surface area contributed by atoms with Gasteiger partial charge in [-0.15, -0.1) is 0 Å². The van der Waals surface area contributed by atoms with Crippen LogP contribution in [0.2, 0.25) is 5.02 Å². The van der Waals surface area contributed by atoms with Gasteiger partial charge in [0.2, 0.25) is 5.91 Å². The summed E-state index contributed by atoms with van der Waals surface area (Å²) in [5, 5.41) is 6.87. The molecule has 0 aliphatic carbocycles. The molecule has 4 nitrogen and oxygen atoms in total. The molecule has 0 aliphatic rings. The first-order chi connectivity index (χ1) is 11.6. The molecule has 2 aromatic carbocycles. The highest BCUT2D eigenvalue weighted by Gasteiger charge is 2.05. The zero-order valence-electron chi connectivity index (χ0n) is 14.1.